The second-order valence-electron chi connectivity index (χ2n) is 5.55. The molecule has 126 valence electrons. The molecule has 3 aromatic rings. The van der Waals surface area contributed by atoms with Gasteiger partial charge in [0.15, 0.2) is 5.13 Å². The topological polar surface area (TPSA) is 85.1 Å². The Kier molecular flexibility index (Phi) is 4.85. The average Bonchev–Trinajstić information content (AvgIpc) is 3.04. The fourth-order valence-corrected chi connectivity index (χ4v) is 3.01. The molecule has 0 aliphatic rings. The van der Waals surface area contributed by atoms with E-state index in [1.165, 1.54) is 29.0 Å². The molecular weight excluding hydrogens is 338 g/mol. The van der Waals surface area contributed by atoms with Crippen LogP contribution in [-0.2, 0) is 11.2 Å². The van der Waals surface area contributed by atoms with Crippen LogP contribution in [0, 0.1) is 17.0 Å². The molecule has 2 aromatic carbocycles. The van der Waals surface area contributed by atoms with Gasteiger partial charge in [0.2, 0.25) is 5.91 Å². The summed E-state index contributed by atoms with van der Waals surface area (Å²) in [5, 5.41) is 15.8. The first-order valence-electron chi connectivity index (χ1n) is 7.57. The summed E-state index contributed by atoms with van der Waals surface area (Å²) in [6, 6.07) is 14.0. The van der Waals surface area contributed by atoms with E-state index in [0.717, 1.165) is 11.3 Å². The van der Waals surface area contributed by atoms with Crippen LogP contribution in [0.5, 0.6) is 0 Å². The number of amides is 1. The Balaban J connectivity index is 1.63. The third-order valence-electron chi connectivity index (χ3n) is 3.61. The van der Waals surface area contributed by atoms with E-state index in [1.54, 1.807) is 12.1 Å². The van der Waals surface area contributed by atoms with E-state index in [-0.39, 0.29) is 18.0 Å². The van der Waals surface area contributed by atoms with E-state index in [0.29, 0.717) is 10.7 Å². The Labute approximate surface area is 148 Å². The van der Waals surface area contributed by atoms with E-state index >= 15 is 0 Å². The summed E-state index contributed by atoms with van der Waals surface area (Å²) in [5.41, 5.74) is 3.70. The Morgan fingerprint density at radius 2 is 1.84 bits per heavy atom. The molecule has 1 amide bonds. The molecular formula is C18H15N3O3S. The molecule has 0 fully saturated rings. The fraction of sp³-hybridized carbons (Fsp3) is 0.111. The first-order chi connectivity index (χ1) is 12.0. The van der Waals surface area contributed by atoms with Gasteiger partial charge in [-0.2, -0.15) is 0 Å². The second kappa shape index (κ2) is 7.23. The van der Waals surface area contributed by atoms with Crippen molar-refractivity contribution in [2.75, 3.05) is 5.32 Å². The maximum Gasteiger partial charge on any atom is 0.269 e. The summed E-state index contributed by atoms with van der Waals surface area (Å²) in [6.07, 6.45) is 0.136. The van der Waals surface area contributed by atoms with Gasteiger partial charge in [-0.3, -0.25) is 14.9 Å². The maximum absolute atomic E-state index is 12.1. The van der Waals surface area contributed by atoms with Crippen LogP contribution in [0.2, 0.25) is 0 Å². The minimum absolute atomic E-state index is 0.00632. The van der Waals surface area contributed by atoms with E-state index in [4.69, 9.17) is 0 Å². The molecule has 0 aliphatic heterocycles. The van der Waals surface area contributed by atoms with Gasteiger partial charge in [0.25, 0.3) is 5.69 Å². The van der Waals surface area contributed by atoms with Crippen molar-refractivity contribution < 1.29 is 9.72 Å². The molecule has 25 heavy (non-hydrogen) atoms. The van der Waals surface area contributed by atoms with Crippen LogP contribution in [0.3, 0.4) is 0 Å². The molecule has 0 atom stereocenters. The first kappa shape index (κ1) is 16.8. The number of rotatable bonds is 5. The Morgan fingerprint density at radius 1 is 1.16 bits per heavy atom. The van der Waals surface area contributed by atoms with Gasteiger partial charge in [-0.1, -0.05) is 42.0 Å². The molecule has 0 unspecified atom stereocenters. The van der Waals surface area contributed by atoms with Crippen LogP contribution in [0.15, 0.2) is 53.9 Å². The molecule has 3 rings (SSSR count). The molecule has 7 heteroatoms. The van der Waals surface area contributed by atoms with E-state index < -0.39 is 4.92 Å². The summed E-state index contributed by atoms with van der Waals surface area (Å²) in [6.45, 7) is 2.02. The molecule has 0 bridgehead atoms. The number of thiazole rings is 1. The summed E-state index contributed by atoms with van der Waals surface area (Å²) in [4.78, 5) is 26.7. The van der Waals surface area contributed by atoms with Crippen LogP contribution >= 0.6 is 11.3 Å². The lowest BCUT2D eigenvalue weighted by Gasteiger charge is -2.02. The largest absolute Gasteiger partial charge is 0.302 e. The average molecular weight is 353 g/mol. The molecule has 0 aliphatic carbocycles. The zero-order chi connectivity index (χ0) is 17.8. The number of hydrogen-bond donors (Lipinski definition) is 1. The van der Waals surface area contributed by atoms with Gasteiger partial charge in [0, 0.05) is 23.1 Å². The highest BCUT2D eigenvalue weighted by atomic mass is 32.1. The number of nitro benzene ring substituents is 1. The van der Waals surface area contributed by atoms with Crippen LogP contribution in [0.1, 0.15) is 11.1 Å². The predicted molar refractivity (Wildman–Crippen MR) is 97.7 cm³/mol. The van der Waals surface area contributed by atoms with Crippen LogP contribution in [0.25, 0.3) is 11.3 Å². The van der Waals surface area contributed by atoms with E-state index in [1.807, 2.05) is 36.6 Å². The number of benzene rings is 2. The summed E-state index contributed by atoms with van der Waals surface area (Å²) in [5.74, 6) is -0.210. The monoisotopic (exact) mass is 353 g/mol. The third-order valence-corrected chi connectivity index (χ3v) is 4.37. The molecule has 0 saturated carbocycles. The van der Waals surface area contributed by atoms with Crippen LogP contribution in [0.4, 0.5) is 10.8 Å². The van der Waals surface area contributed by atoms with Gasteiger partial charge >= 0.3 is 0 Å². The van der Waals surface area contributed by atoms with Gasteiger partial charge in [-0.15, -0.1) is 11.3 Å². The number of nitro groups is 1. The second-order valence-corrected chi connectivity index (χ2v) is 6.41. The highest BCUT2D eigenvalue weighted by Crippen LogP contribution is 2.25. The van der Waals surface area contributed by atoms with Crippen molar-refractivity contribution in [3.8, 4) is 11.3 Å². The number of nitrogens with one attached hydrogen (secondary N) is 1. The van der Waals surface area contributed by atoms with Crippen molar-refractivity contribution in [2.24, 2.45) is 0 Å². The summed E-state index contributed by atoms with van der Waals surface area (Å²) >= 11 is 1.36. The number of nitrogens with zero attached hydrogens (tertiary/aromatic N) is 2. The number of hydrogen-bond acceptors (Lipinski definition) is 5. The standard InChI is InChI=1S/C18H15N3O3S/c1-12-2-6-14(7-3-12)16-11-25-18(19-16)20-17(22)10-13-4-8-15(9-5-13)21(23)24/h2-9,11H,10H2,1H3,(H,19,20,22). The lowest BCUT2D eigenvalue weighted by Crippen LogP contribution is -2.14. The number of anilines is 1. The minimum atomic E-state index is -0.466. The highest BCUT2D eigenvalue weighted by Gasteiger charge is 2.10. The molecule has 0 spiro atoms. The van der Waals surface area contributed by atoms with Gasteiger partial charge in [0.05, 0.1) is 17.0 Å². The van der Waals surface area contributed by atoms with Crippen molar-refractivity contribution >= 4 is 28.1 Å². The first-order valence-corrected chi connectivity index (χ1v) is 8.45. The van der Waals surface area contributed by atoms with Gasteiger partial charge in [0.1, 0.15) is 0 Å². The molecule has 0 radical (unpaired) electrons. The minimum Gasteiger partial charge on any atom is -0.302 e. The quantitative estimate of drug-likeness (QED) is 0.550. The smallest absolute Gasteiger partial charge is 0.269 e. The zero-order valence-corrected chi connectivity index (χ0v) is 14.2. The van der Waals surface area contributed by atoms with E-state index in [9.17, 15) is 14.9 Å². The summed E-state index contributed by atoms with van der Waals surface area (Å²) in [7, 11) is 0. The Bertz CT molecular complexity index is 902. The van der Waals surface area contributed by atoms with Crippen LogP contribution < -0.4 is 5.32 Å². The van der Waals surface area contributed by atoms with Crippen LogP contribution in [-0.4, -0.2) is 15.8 Å². The van der Waals surface area contributed by atoms with E-state index in [2.05, 4.69) is 10.3 Å². The molecule has 1 heterocycles. The van der Waals surface area contributed by atoms with Crippen molar-refractivity contribution in [1.29, 1.82) is 0 Å². The van der Waals surface area contributed by atoms with Gasteiger partial charge in [-0.05, 0) is 12.5 Å². The number of carbonyl (C=O) groups excluding carboxylic acids is 1. The lowest BCUT2D eigenvalue weighted by atomic mass is 10.1. The molecule has 1 N–H and O–H groups in total. The molecule has 0 saturated heterocycles. The number of aromatic nitrogens is 1. The highest BCUT2D eigenvalue weighted by molar-refractivity contribution is 7.14. The van der Waals surface area contributed by atoms with Crippen molar-refractivity contribution in [1.82, 2.24) is 4.98 Å². The van der Waals surface area contributed by atoms with Crippen molar-refractivity contribution in [3.63, 3.8) is 0 Å². The number of carbonyl (C=O) groups is 1. The maximum atomic E-state index is 12.1. The van der Waals surface area contributed by atoms with Crippen molar-refractivity contribution in [3.05, 3.63) is 75.2 Å². The Morgan fingerprint density at radius 3 is 2.48 bits per heavy atom. The lowest BCUT2D eigenvalue weighted by molar-refractivity contribution is -0.384. The predicted octanol–water partition coefficient (Wildman–Crippen LogP) is 4.21. The zero-order valence-electron chi connectivity index (χ0n) is 13.4. The fourth-order valence-electron chi connectivity index (χ4n) is 2.27. The van der Waals surface area contributed by atoms with Gasteiger partial charge in [-0.25, -0.2) is 4.98 Å². The Hall–Kier alpha value is -3.06. The summed E-state index contributed by atoms with van der Waals surface area (Å²) < 4.78 is 0. The van der Waals surface area contributed by atoms with Crippen molar-refractivity contribution in [2.45, 2.75) is 13.3 Å². The third kappa shape index (κ3) is 4.27. The molecule has 1 aromatic heterocycles. The number of non-ortho nitro benzene ring substituents is 1. The number of aryl methyl sites for hydroxylation is 1. The normalized spacial score (nSPS) is 10.4. The SMILES string of the molecule is Cc1ccc(-c2csc(NC(=O)Cc3ccc([N+](=O)[O-])cc3)n2)cc1. The van der Waals surface area contributed by atoms with Gasteiger partial charge < -0.3 is 5.32 Å². The molecule has 6 nitrogen and oxygen atoms in total.